The van der Waals surface area contributed by atoms with Crippen LogP contribution in [0.15, 0.2) is 48.7 Å². The number of hydrogen-bond acceptors (Lipinski definition) is 5. The molecule has 4 amide bonds. The highest BCUT2D eigenvalue weighted by molar-refractivity contribution is 6.32. The Kier molecular flexibility index (Phi) is 3.04. The van der Waals surface area contributed by atoms with Gasteiger partial charge in [0.25, 0.3) is 23.6 Å². The first-order valence-electron chi connectivity index (χ1n) is 7.42. The zero-order valence-electron chi connectivity index (χ0n) is 12.8. The third kappa shape index (κ3) is 2.06. The van der Waals surface area contributed by atoms with E-state index in [0.717, 1.165) is 11.1 Å². The first-order valence-corrected chi connectivity index (χ1v) is 7.42. The number of amides is 4. The number of nitrogens with two attached hydrogens (primary N) is 1. The Morgan fingerprint density at radius 1 is 0.800 bits per heavy atom. The monoisotopic (exact) mass is 333 g/mol. The lowest BCUT2D eigenvalue weighted by Crippen LogP contribution is -2.37. The van der Waals surface area contributed by atoms with E-state index in [-0.39, 0.29) is 22.4 Å². The molecule has 25 heavy (non-hydrogen) atoms. The van der Waals surface area contributed by atoms with Crippen molar-refractivity contribution in [3.63, 3.8) is 0 Å². The molecule has 7 heteroatoms. The van der Waals surface area contributed by atoms with Gasteiger partial charge >= 0.3 is 0 Å². The summed E-state index contributed by atoms with van der Waals surface area (Å²) in [7, 11) is 0. The highest BCUT2D eigenvalue weighted by Gasteiger charge is 2.37. The summed E-state index contributed by atoms with van der Waals surface area (Å²) < 4.78 is 0. The second-order valence-corrected chi connectivity index (χ2v) is 5.62. The molecule has 0 atom stereocenters. The van der Waals surface area contributed by atoms with Gasteiger partial charge < -0.3 is 5.73 Å². The van der Waals surface area contributed by atoms with Crippen molar-refractivity contribution in [3.8, 4) is 0 Å². The van der Waals surface area contributed by atoms with Gasteiger partial charge in [0, 0.05) is 23.0 Å². The lowest BCUT2D eigenvalue weighted by molar-refractivity contribution is -0.114. The number of rotatable bonds is 1. The molecular formula is C18H11N3O4. The molecule has 0 bridgehead atoms. The van der Waals surface area contributed by atoms with Crippen molar-refractivity contribution >= 4 is 34.9 Å². The molecule has 0 aliphatic carbocycles. The molecule has 2 aromatic carbocycles. The van der Waals surface area contributed by atoms with Gasteiger partial charge in [-0.1, -0.05) is 24.3 Å². The topological polar surface area (TPSA) is 110 Å². The molecule has 0 radical (unpaired) electrons. The maximum absolute atomic E-state index is 12.6. The Balaban J connectivity index is 1.85. The van der Waals surface area contributed by atoms with E-state index in [4.69, 9.17) is 5.73 Å². The number of anilines is 1. The van der Waals surface area contributed by atoms with E-state index in [2.05, 4.69) is 5.32 Å². The first kappa shape index (κ1) is 14.8. The SMILES string of the molecule is Nc1cccc2c1C(=O)N(/C=C1\C(=O)NC(=O)c3ccccc31)C2=O. The number of carbonyl (C=O) groups is 4. The molecule has 122 valence electrons. The van der Waals surface area contributed by atoms with Crippen molar-refractivity contribution < 1.29 is 19.2 Å². The van der Waals surface area contributed by atoms with Gasteiger partial charge in [-0.3, -0.25) is 24.5 Å². The number of hydrogen-bond donors (Lipinski definition) is 2. The van der Waals surface area contributed by atoms with Crippen molar-refractivity contribution in [2.24, 2.45) is 0 Å². The molecule has 0 saturated carbocycles. The summed E-state index contributed by atoms with van der Waals surface area (Å²) in [4.78, 5) is 50.1. The third-order valence-electron chi connectivity index (χ3n) is 4.17. The molecule has 0 aromatic heterocycles. The maximum atomic E-state index is 12.6. The molecule has 2 heterocycles. The van der Waals surface area contributed by atoms with Crippen LogP contribution in [0.25, 0.3) is 5.57 Å². The van der Waals surface area contributed by atoms with E-state index in [1.165, 1.54) is 12.1 Å². The van der Waals surface area contributed by atoms with Gasteiger partial charge in [0.05, 0.1) is 16.7 Å². The molecule has 0 unspecified atom stereocenters. The second kappa shape index (κ2) is 5.13. The minimum atomic E-state index is -0.673. The number of fused-ring (bicyclic) bond motifs is 2. The summed E-state index contributed by atoms with van der Waals surface area (Å²) in [5.74, 6) is -2.37. The molecule has 2 aromatic rings. The van der Waals surface area contributed by atoms with Crippen LogP contribution in [0.4, 0.5) is 5.69 Å². The molecule has 0 saturated heterocycles. The minimum Gasteiger partial charge on any atom is -0.398 e. The van der Waals surface area contributed by atoms with E-state index in [1.54, 1.807) is 30.3 Å². The van der Waals surface area contributed by atoms with Crippen LogP contribution < -0.4 is 11.1 Å². The van der Waals surface area contributed by atoms with Gasteiger partial charge in [0.15, 0.2) is 0 Å². The first-order chi connectivity index (χ1) is 12.0. The van der Waals surface area contributed by atoms with Crippen molar-refractivity contribution in [2.45, 2.75) is 0 Å². The van der Waals surface area contributed by atoms with Gasteiger partial charge in [0.2, 0.25) is 0 Å². The van der Waals surface area contributed by atoms with Crippen LogP contribution in [-0.2, 0) is 4.79 Å². The number of nitrogens with zero attached hydrogens (tertiary/aromatic N) is 1. The Hall–Kier alpha value is -3.74. The molecule has 0 fully saturated rings. The van der Waals surface area contributed by atoms with E-state index in [1.807, 2.05) is 0 Å². The lowest BCUT2D eigenvalue weighted by Gasteiger charge is -2.19. The number of carbonyl (C=O) groups excluding carboxylic acids is 4. The van der Waals surface area contributed by atoms with Crippen molar-refractivity contribution in [3.05, 3.63) is 70.9 Å². The number of imide groups is 2. The molecule has 7 nitrogen and oxygen atoms in total. The predicted octanol–water partition coefficient (Wildman–Crippen LogP) is 1.18. The Morgan fingerprint density at radius 2 is 1.48 bits per heavy atom. The standard InChI is InChI=1S/C18H11N3O4/c19-13-7-3-6-11-14(13)18(25)21(17(11)24)8-12-9-4-1-2-5-10(9)15(22)20-16(12)23/h1-8H,19H2,(H,20,22,23)/b12-8-. The lowest BCUT2D eigenvalue weighted by atomic mass is 9.95. The number of nitrogen functional groups attached to an aromatic ring is 1. The molecule has 4 rings (SSSR count). The zero-order valence-corrected chi connectivity index (χ0v) is 12.8. The average molecular weight is 333 g/mol. The molecule has 2 aliphatic rings. The van der Waals surface area contributed by atoms with Crippen molar-refractivity contribution in [2.75, 3.05) is 5.73 Å². The van der Waals surface area contributed by atoms with Crippen LogP contribution in [-0.4, -0.2) is 28.5 Å². The van der Waals surface area contributed by atoms with E-state index < -0.39 is 23.6 Å². The largest absolute Gasteiger partial charge is 0.398 e. The summed E-state index contributed by atoms with van der Waals surface area (Å²) in [5, 5.41) is 2.20. The normalized spacial score (nSPS) is 17.6. The fourth-order valence-corrected chi connectivity index (χ4v) is 2.98. The predicted molar refractivity (Wildman–Crippen MR) is 88.2 cm³/mol. The summed E-state index contributed by atoms with van der Waals surface area (Å²) in [6.45, 7) is 0. The van der Waals surface area contributed by atoms with Crippen LogP contribution in [0.1, 0.15) is 36.6 Å². The molecule has 2 aliphatic heterocycles. The van der Waals surface area contributed by atoms with Gasteiger partial charge in [-0.15, -0.1) is 0 Å². The van der Waals surface area contributed by atoms with E-state index >= 15 is 0 Å². The smallest absolute Gasteiger partial charge is 0.267 e. The fourth-order valence-electron chi connectivity index (χ4n) is 2.98. The Bertz CT molecular complexity index is 1020. The minimum absolute atomic E-state index is 0.0586. The Morgan fingerprint density at radius 3 is 2.20 bits per heavy atom. The van der Waals surface area contributed by atoms with Crippen LogP contribution in [0, 0.1) is 0 Å². The maximum Gasteiger partial charge on any atom is 0.267 e. The summed E-state index contributed by atoms with van der Waals surface area (Å²) in [6.07, 6.45) is 1.16. The average Bonchev–Trinajstić information content (AvgIpc) is 2.84. The van der Waals surface area contributed by atoms with Crippen LogP contribution in [0.5, 0.6) is 0 Å². The van der Waals surface area contributed by atoms with E-state index in [0.29, 0.717) is 11.1 Å². The van der Waals surface area contributed by atoms with E-state index in [9.17, 15) is 19.2 Å². The quantitative estimate of drug-likeness (QED) is 0.462. The summed E-state index contributed by atoms with van der Waals surface area (Å²) in [6, 6.07) is 11.1. The number of nitrogens with one attached hydrogen (secondary N) is 1. The fraction of sp³-hybridized carbons (Fsp3) is 0. The van der Waals surface area contributed by atoms with Crippen molar-refractivity contribution in [1.29, 1.82) is 0 Å². The molecular weight excluding hydrogens is 322 g/mol. The highest BCUT2D eigenvalue weighted by atomic mass is 16.2. The summed E-state index contributed by atoms with van der Waals surface area (Å²) in [5.41, 5.74) is 7.01. The van der Waals surface area contributed by atoms with Gasteiger partial charge in [0.1, 0.15) is 0 Å². The van der Waals surface area contributed by atoms with Gasteiger partial charge in [-0.05, 0) is 18.2 Å². The van der Waals surface area contributed by atoms with Gasteiger partial charge in [-0.2, -0.15) is 0 Å². The molecule has 3 N–H and O–H groups in total. The zero-order chi connectivity index (χ0) is 17.7. The van der Waals surface area contributed by atoms with Crippen LogP contribution >= 0.6 is 0 Å². The van der Waals surface area contributed by atoms with Crippen LogP contribution in [0.3, 0.4) is 0 Å². The van der Waals surface area contributed by atoms with Crippen molar-refractivity contribution in [1.82, 2.24) is 10.2 Å². The molecule has 0 spiro atoms. The van der Waals surface area contributed by atoms with Crippen LogP contribution in [0.2, 0.25) is 0 Å². The highest BCUT2D eigenvalue weighted by Crippen LogP contribution is 2.30. The third-order valence-corrected chi connectivity index (χ3v) is 4.17. The second-order valence-electron chi connectivity index (χ2n) is 5.62. The number of benzene rings is 2. The summed E-state index contributed by atoms with van der Waals surface area (Å²) >= 11 is 0. The Labute approximate surface area is 141 Å². The van der Waals surface area contributed by atoms with Gasteiger partial charge in [-0.25, -0.2) is 4.90 Å².